The fourth-order valence-electron chi connectivity index (χ4n) is 2.24. The van der Waals surface area contributed by atoms with Crippen LogP contribution < -0.4 is 5.32 Å². The van der Waals surface area contributed by atoms with Gasteiger partial charge in [-0.3, -0.25) is 4.79 Å². The minimum Gasteiger partial charge on any atom is -0.393 e. The molecule has 1 fully saturated rings. The number of nitrogens with zero attached hydrogens (tertiary/aromatic N) is 3. The average molecular weight is 264 g/mol. The lowest BCUT2D eigenvalue weighted by Gasteiger charge is -2.34. The Labute approximate surface area is 112 Å². The predicted octanol–water partition coefficient (Wildman–Crippen LogP) is 0.751. The summed E-state index contributed by atoms with van der Waals surface area (Å²) in [7, 11) is 1.76. The smallest absolute Gasteiger partial charge is 0.274 e. The first-order valence-electron chi connectivity index (χ1n) is 6.61. The van der Waals surface area contributed by atoms with E-state index in [4.69, 9.17) is 0 Å². The molecular formula is C13H20N4O2. The van der Waals surface area contributed by atoms with Crippen LogP contribution in [0.4, 0.5) is 5.82 Å². The number of carbonyl (C=O) groups is 1. The van der Waals surface area contributed by atoms with Crippen LogP contribution in [0.2, 0.25) is 0 Å². The molecule has 6 heteroatoms. The fraction of sp³-hybridized carbons (Fsp3) is 0.615. The molecule has 2 rings (SSSR count). The number of carbonyl (C=O) groups excluding carboxylic acids is 1. The van der Waals surface area contributed by atoms with Gasteiger partial charge in [-0.15, -0.1) is 10.2 Å². The van der Waals surface area contributed by atoms with Crippen molar-refractivity contribution in [1.82, 2.24) is 15.1 Å². The standard InChI is InChI=1S/C13H20N4O2/c1-3-14-12-5-4-11(15-16-12)13(19)17(2)8-9-6-10(18)7-9/h4-5,9-10,18H,3,6-8H2,1-2H3,(H,14,16). The molecule has 6 nitrogen and oxygen atoms in total. The van der Waals surface area contributed by atoms with Crippen LogP contribution in [0.3, 0.4) is 0 Å². The average Bonchev–Trinajstić information content (AvgIpc) is 2.37. The number of amides is 1. The van der Waals surface area contributed by atoms with E-state index < -0.39 is 0 Å². The van der Waals surface area contributed by atoms with Crippen LogP contribution in [0.25, 0.3) is 0 Å². The van der Waals surface area contributed by atoms with Gasteiger partial charge >= 0.3 is 0 Å². The molecule has 0 radical (unpaired) electrons. The monoisotopic (exact) mass is 264 g/mol. The van der Waals surface area contributed by atoms with E-state index in [1.807, 2.05) is 6.92 Å². The highest BCUT2D eigenvalue weighted by molar-refractivity contribution is 5.92. The van der Waals surface area contributed by atoms with Crippen molar-refractivity contribution in [1.29, 1.82) is 0 Å². The quantitative estimate of drug-likeness (QED) is 0.820. The zero-order valence-electron chi connectivity index (χ0n) is 11.3. The Hall–Kier alpha value is -1.69. The second-order valence-corrected chi connectivity index (χ2v) is 5.01. The minimum absolute atomic E-state index is 0.128. The lowest BCUT2D eigenvalue weighted by Crippen LogP contribution is -2.39. The van der Waals surface area contributed by atoms with E-state index in [1.165, 1.54) is 0 Å². The Balaban J connectivity index is 1.90. The summed E-state index contributed by atoms with van der Waals surface area (Å²) in [4.78, 5) is 13.8. The number of anilines is 1. The third-order valence-electron chi connectivity index (χ3n) is 3.33. The van der Waals surface area contributed by atoms with Gasteiger partial charge in [0.2, 0.25) is 0 Å². The van der Waals surface area contributed by atoms with Crippen LogP contribution >= 0.6 is 0 Å². The molecule has 0 bridgehead atoms. The summed E-state index contributed by atoms with van der Waals surface area (Å²) in [6.07, 6.45) is 1.37. The van der Waals surface area contributed by atoms with E-state index >= 15 is 0 Å². The van der Waals surface area contributed by atoms with Crippen molar-refractivity contribution >= 4 is 11.7 Å². The summed E-state index contributed by atoms with van der Waals surface area (Å²) in [5.41, 5.74) is 0.351. The van der Waals surface area contributed by atoms with Crippen molar-refractivity contribution in [3.05, 3.63) is 17.8 Å². The molecule has 104 valence electrons. The molecule has 19 heavy (non-hydrogen) atoms. The van der Waals surface area contributed by atoms with Crippen LogP contribution in [-0.2, 0) is 0 Å². The van der Waals surface area contributed by atoms with Gasteiger partial charge in [-0.05, 0) is 37.8 Å². The number of hydrogen-bond acceptors (Lipinski definition) is 5. The summed E-state index contributed by atoms with van der Waals surface area (Å²) >= 11 is 0. The Bertz CT molecular complexity index is 429. The summed E-state index contributed by atoms with van der Waals surface area (Å²) < 4.78 is 0. The molecule has 0 saturated heterocycles. The zero-order chi connectivity index (χ0) is 13.8. The molecule has 1 amide bonds. The topological polar surface area (TPSA) is 78.4 Å². The molecule has 2 N–H and O–H groups in total. The number of aliphatic hydroxyl groups is 1. The molecule has 1 aliphatic rings. The van der Waals surface area contributed by atoms with Crippen molar-refractivity contribution in [2.75, 3.05) is 25.5 Å². The van der Waals surface area contributed by atoms with Crippen LogP contribution in [0.5, 0.6) is 0 Å². The van der Waals surface area contributed by atoms with Crippen molar-refractivity contribution in [3.63, 3.8) is 0 Å². The molecule has 1 aromatic rings. The number of aromatic nitrogens is 2. The zero-order valence-corrected chi connectivity index (χ0v) is 11.3. The van der Waals surface area contributed by atoms with E-state index in [9.17, 15) is 9.90 Å². The van der Waals surface area contributed by atoms with Gasteiger partial charge in [0, 0.05) is 20.1 Å². The van der Waals surface area contributed by atoms with Crippen molar-refractivity contribution < 1.29 is 9.90 Å². The first kappa shape index (κ1) is 13.7. The molecule has 1 heterocycles. The maximum atomic E-state index is 12.1. The summed E-state index contributed by atoms with van der Waals surface area (Å²) in [6, 6.07) is 3.43. The van der Waals surface area contributed by atoms with Crippen molar-refractivity contribution in [3.8, 4) is 0 Å². The van der Waals surface area contributed by atoms with Crippen molar-refractivity contribution in [2.45, 2.75) is 25.9 Å². The third kappa shape index (κ3) is 3.41. The fourth-order valence-corrected chi connectivity index (χ4v) is 2.24. The number of nitrogens with one attached hydrogen (secondary N) is 1. The van der Waals surface area contributed by atoms with Crippen LogP contribution in [-0.4, -0.2) is 52.4 Å². The van der Waals surface area contributed by atoms with E-state index in [-0.39, 0.29) is 12.0 Å². The van der Waals surface area contributed by atoms with Gasteiger partial charge in [-0.2, -0.15) is 0 Å². The van der Waals surface area contributed by atoms with Gasteiger partial charge < -0.3 is 15.3 Å². The van der Waals surface area contributed by atoms with Gasteiger partial charge in [0.1, 0.15) is 5.82 Å². The second-order valence-electron chi connectivity index (χ2n) is 5.01. The Morgan fingerprint density at radius 3 is 2.74 bits per heavy atom. The van der Waals surface area contributed by atoms with Gasteiger partial charge in [0.25, 0.3) is 5.91 Å². The Morgan fingerprint density at radius 2 is 2.21 bits per heavy atom. The number of hydrogen-bond donors (Lipinski definition) is 2. The first-order valence-corrected chi connectivity index (χ1v) is 6.61. The van der Waals surface area contributed by atoms with Crippen LogP contribution in [0.1, 0.15) is 30.3 Å². The SMILES string of the molecule is CCNc1ccc(C(=O)N(C)CC2CC(O)C2)nn1. The highest BCUT2D eigenvalue weighted by Gasteiger charge is 2.29. The van der Waals surface area contributed by atoms with Gasteiger partial charge in [-0.1, -0.05) is 0 Å². The number of aliphatic hydroxyl groups excluding tert-OH is 1. The number of rotatable bonds is 5. The largest absolute Gasteiger partial charge is 0.393 e. The normalized spacial score (nSPS) is 21.6. The maximum absolute atomic E-state index is 12.1. The third-order valence-corrected chi connectivity index (χ3v) is 3.33. The van der Waals surface area contributed by atoms with Gasteiger partial charge in [-0.25, -0.2) is 0 Å². The molecule has 0 aromatic carbocycles. The second kappa shape index (κ2) is 5.97. The first-order chi connectivity index (χ1) is 9.10. The Kier molecular flexibility index (Phi) is 4.31. The summed E-state index contributed by atoms with van der Waals surface area (Å²) in [6.45, 7) is 3.40. The van der Waals surface area contributed by atoms with E-state index in [1.54, 1.807) is 24.1 Å². The lowest BCUT2D eigenvalue weighted by atomic mass is 9.82. The predicted molar refractivity (Wildman–Crippen MR) is 71.9 cm³/mol. The molecule has 1 aliphatic carbocycles. The lowest BCUT2D eigenvalue weighted by molar-refractivity contribution is 0.0263. The summed E-state index contributed by atoms with van der Waals surface area (Å²) in [5.74, 6) is 0.943. The molecule has 0 unspecified atom stereocenters. The molecular weight excluding hydrogens is 244 g/mol. The maximum Gasteiger partial charge on any atom is 0.274 e. The molecule has 1 saturated carbocycles. The molecule has 0 aliphatic heterocycles. The van der Waals surface area contributed by atoms with Gasteiger partial charge in [0.15, 0.2) is 5.69 Å². The minimum atomic E-state index is -0.187. The highest BCUT2D eigenvalue weighted by Crippen LogP contribution is 2.27. The van der Waals surface area contributed by atoms with Crippen LogP contribution in [0.15, 0.2) is 12.1 Å². The van der Waals surface area contributed by atoms with E-state index in [0.29, 0.717) is 24.0 Å². The van der Waals surface area contributed by atoms with E-state index in [0.717, 1.165) is 19.4 Å². The van der Waals surface area contributed by atoms with Gasteiger partial charge in [0.05, 0.1) is 6.10 Å². The molecule has 0 atom stereocenters. The Morgan fingerprint density at radius 1 is 1.47 bits per heavy atom. The highest BCUT2D eigenvalue weighted by atomic mass is 16.3. The van der Waals surface area contributed by atoms with Crippen molar-refractivity contribution in [2.24, 2.45) is 5.92 Å². The molecule has 1 aromatic heterocycles. The van der Waals surface area contributed by atoms with E-state index in [2.05, 4.69) is 15.5 Å². The van der Waals surface area contributed by atoms with Crippen LogP contribution in [0, 0.1) is 5.92 Å². The molecule has 0 spiro atoms. The summed E-state index contributed by atoms with van der Waals surface area (Å²) in [5, 5.41) is 20.1.